The Labute approximate surface area is 212 Å². The summed E-state index contributed by atoms with van der Waals surface area (Å²) in [5.74, 6) is 0.647. The molecule has 0 radical (unpaired) electrons. The van der Waals surface area contributed by atoms with Gasteiger partial charge in [0.2, 0.25) is 5.91 Å². The normalized spacial score (nSPS) is 11.2. The minimum atomic E-state index is -0.116. The first-order valence-electron chi connectivity index (χ1n) is 11.7. The zero-order chi connectivity index (χ0) is 25.4. The Morgan fingerprint density at radius 1 is 1.05 bits per heavy atom. The van der Waals surface area contributed by atoms with Crippen LogP contribution in [-0.2, 0) is 18.3 Å². The van der Waals surface area contributed by atoms with Gasteiger partial charge in [0.25, 0.3) is 0 Å². The number of rotatable bonds is 6. The molecule has 0 unspecified atom stereocenters. The fourth-order valence-electron chi connectivity index (χ4n) is 4.25. The van der Waals surface area contributed by atoms with Gasteiger partial charge in [0, 0.05) is 48.3 Å². The predicted molar refractivity (Wildman–Crippen MR) is 140 cm³/mol. The predicted octanol–water partition coefficient (Wildman–Crippen LogP) is 4.10. The van der Waals surface area contributed by atoms with Gasteiger partial charge in [-0.1, -0.05) is 12.1 Å². The van der Waals surface area contributed by atoms with Crippen molar-refractivity contribution in [3.63, 3.8) is 0 Å². The van der Waals surface area contributed by atoms with Crippen LogP contribution in [0.5, 0.6) is 0 Å². The van der Waals surface area contributed by atoms with Crippen LogP contribution in [0.3, 0.4) is 0 Å². The molecule has 5 aromatic heterocycles. The standard InChI is InChI=1S/C27H23N9O/c1-17-14-36(16-31-17)27-22-12-23(33-26(22)29-15-30-27)18-5-7-20(8-6-18)32-25(37)11-21-10-24(34-35(21)2)19-4-3-9-28-13-19/h3-10,12-16H,11H2,1-2H3,(H,32,37)(H,29,30,33). The van der Waals surface area contributed by atoms with Gasteiger partial charge in [0.1, 0.15) is 18.3 Å². The molecule has 0 aliphatic carbocycles. The Morgan fingerprint density at radius 2 is 1.92 bits per heavy atom. The lowest BCUT2D eigenvalue weighted by Gasteiger charge is -2.06. The zero-order valence-electron chi connectivity index (χ0n) is 20.3. The van der Waals surface area contributed by atoms with Gasteiger partial charge in [-0.25, -0.2) is 15.0 Å². The number of imidazole rings is 1. The lowest BCUT2D eigenvalue weighted by Crippen LogP contribution is -2.16. The van der Waals surface area contributed by atoms with Gasteiger partial charge >= 0.3 is 0 Å². The van der Waals surface area contributed by atoms with Gasteiger partial charge < -0.3 is 10.3 Å². The largest absolute Gasteiger partial charge is 0.339 e. The summed E-state index contributed by atoms with van der Waals surface area (Å²) in [6.07, 6.45) is 8.89. The molecule has 6 rings (SSSR count). The quantitative estimate of drug-likeness (QED) is 0.364. The highest BCUT2D eigenvalue weighted by molar-refractivity contribution is 5.93. The summed E-state index contributed by atoms with van der Waals surface area (Å²) in [4.78, 5) is 33.3. The molecule has 0 spiro atoms. The van der Waals surface area contributed by atoms with Crippen LogP contribution >= 0.6 is 0 Å². The first-order chi connectivity index (χ1) is 18.0. The number of amides is 1. The topological polar surface area (TPSA) is 119 Å². The Balaban J connectivity index is 1.17. The van der Waals surface area contributed by atoms with Crippen molar-refractivity contribution in [2.75, 3.05) is 5.32 Å². The van der Waals surface area contributed by atoms with E-state index in [4.69, 9.17) is 0 Å². The van der Waals surface area contributed by atoms with Gasteiger partial charge in [-0.05, 0) is 48.9 Å². The van der Waals surface area contributed by atoms with Crippen molar-refractivity contribution >= 4 is 22.6 Å². The second-order valence-electron chi connectivity index (χ2n) is 8.75. The zero-order valence-corrected chi connectivity index (χ0v) is 20.3. The van der Waals surface area contributed by atoms with Gasteiger partial charge in [-0.15, -0.1) is 0 Å². The molecule has 1 aromatic carbocycles. The number of nitrogens with zero attached hydrogens (tertiary/aromatic N) is 7. The highest BCUT2D eigenvalue weighted by Crippen LogP contribution is 2.27. The highest BCUT2D eigenvalue weighted by Gasteiger charge is 2.13. The molecule has 10 nitrogen and oxygen atoms in total. The van der Waals surface area contributed by atoms with E-state index in [1.165, 1.54) is 6.33 Å². The van der Waals surface area contributed by atoms with E-state index in [-0.39, 0.29) is 12.3 Å². The molecular formula is C27H23N9O. The molecule has 2 N–H and O–H groups in total. The van der Waals surface area contributed by atoms with E-state index < -0.39 is 0 Å². The van der Waals surface area contributed by atoms with E-state index >= 15 is 0 Å². The Bertz CT molecular complexity index is 1710. The summed E-state index contributed by atoms with van der Waals surface area (Å²) in [5, 5.41) is 8.38. The number of anilines is 1. The Hall–Kier alpha value is -5.12. The van der Waals surface area contributed by atoms with Crippen LogP contribution in [0.25, 0.3) is 39.4 Å². The minimum absolute atomic E-state index is 0.116. The summed E-state index contributed by atoms with van der Waals surface area (Å²) in [7, 11) is 1.83. The number of pyridine rings is 1. The molecule has 0 aliphatic heterocycles. The first-order valence-corrected chi connectivity index (χ1v) is 11.7. The smallest absolute Gasteiger partial charge is 0.230 e. The molecule has 1 amide bonds. The fraction of sp³-hybridized carbons (Fsp3) is 0.111. The van der Waals surface area contributed by atoms with E-state index in [1.807, 2.05) is 73.3 Å². The second kappa shape index (κ2) is 9.15. The lowest BCUT2D eigenvalue weighted by atomic mass is 10.1. The minimum Gasteiger partial charge on any atom is -0.339 e. The van der Waals surface area contributed by atoms with Gasteiger partial charge in [-0.2, -0.15) is 5.10 Å². The molecule has 5 heterocycles. The highest BCUT2D eigenvalue weighted by atomic mass is 16.1. The number of nitrogens with one attached hydrogen (secondary N) is 2. The SMILES string of the molecule is Cc1cn(-c2ncnc3[nH]c(-c4ccc(NC(=O)Cc5cc(-c6cccnc6)nn5C)cc4)cc23)cn1. The summed E-state index contributed by atoms with van der Waals surface area (Å²) >= 11 is 0. The third kappa shape index (κ3) is 4.47. The number of benzene rings is 1. The van der Waals surface area contributed by atoms with Crippen molar-refractivity contribution in [1.29, 1.82) is 0 Å². The van der Waals surface area contributed by atoms with Crippen molar-refractivity contribution in [3.05, 3.63) is 91.2 Å². The maximum Gasteiger partial charge on any atom is 0.230 e. The van der Waals surface area contributed by atoms with Crippen LogP contribution in [-0.4, -0.2) is 45.2 Å². The number of hydrogen-bond donors (Lipinski definition) is 2. The average molecular weight is 490 g/mol. The van der Waals surface area contributed by atoms with Crippen molar-refractivity contribution in [2.45, 2.75) is 13.3 Å². The molecule has 0 fully saturated rings. The van der Waals surface area contributed by atoms with Gasteiger partial charge in [0.15, 0.2) is 5.82 Å². The van der Waals surface area contributed by atoms with E-state index in [2.05, 4.69) is 35.3 Å². The second-order valence-corrected chi connectivity index (χ2v) is 8.75. The summed E-state index contributed by atoms with van der Waals surface area (Å²) in [6.45, 7) is 1.94. The molecule has 0 atom stereocenters. The van der Waals surface area contributed by atoms with Crippen LogP contribution in [0.1, 0.15) is 11.4 Å². The number of carbonyl (C=O) groups is 1. The van der Waals surface area contributed by atoms with Crippen molar-refractivity contribution in [1.82, 2.24) is 39.3 Å². The third-order valence-corrected chi connectivity index (χ3v) is 6.12. The number of aromatic amines is 1. The van der Waals surface area contributed by atoms with Gasteiger partial charge in [0.05, 0.1) is 23.2 Å². The molecular weight excluding hydrogens is 466 g/mol. The monoisotopic (exact) mass is 489 g/mol. The number of hydrogen-bond acceptors (Lipinski definition) is 6. The molecule has 0 aliphatic rings. The maximum atomic E-state index is 12.7. The lowest BCUT2D eigenvalue weighted by molar-refractivity contribution is -0.115. The average Bonchev–Trinajstić information content (AvgIpc) is 3.63. The number of fused-ring (bicyclic) bond motifs is 1. The number of H-pyrrole nitrogens is 1. The molecule has 0 saturated carbocycles. The molecule has 182 valence electrons. The van der Waals surface area contributed by atoms with E-state index in [9.17, 15) is 4.79 Å². The van der Waals surface area contributed by atoms with Crippen molar-refractivity contribution in [2.24, 2.45) is 7.05 Å². The maximum absolute atomic E-state index is 12.7. The molecule has 0 bridgehead atoms. The molecule has 6 aromatic rings. The summed E-state index contributed by atoms with van der Waals surface area (Å²) in [6, 6.07) is 15.4. The van der Waals surface area contributed by atoms with Gasteiger partial charge in [-0.3, -0.25) is 19.0 Å². The van der Waals surface area contributed by atoms with E-state index in [1.54, 1.807) is 23.4 Å². The van der Waals surface area contributed by atoms with Crippen LogP contribution < -0.4 is 5.32 Å². The van der Waals surface area contributed by atoms with E-state index in [0.717, 1.165) is 50.8 Å². The summed E-state index contributed by atoms with van der Waals surface area (Å²) in [5.41, 5.74) is 6.77. The van der Waals surface area contributed by atoms with Crippen LogP contribution in [0, 0.1) is 6.92 Å². The first kappa shape index (κ1) is 22.4. The number of carbonyl (C=O) groups excluding carboxylic acids is 1. The fourth-order valence-corrected chi connectivity index (χ4v) is 4.25. The van der Waals surface area contributed by atoms with Crippen LogP contribution in [0.2, 0.25) is 0 Å². The van der Waals surface area contributed by atoms with Crippen LogP contribution in [0.15, 0.2) is 79.8 Å². The Kier molecular flexibility index (Phi) is 5.53. The third-order valence-electron chi connectivity index (χ3n) is 6.12. The number of aromatic nitrogens is 8. The molecule has 37 heavy (non-hydrogen) atoms. The Morgan fingerprint density at radius 3 is 2.68 bits per heavy atom. The summed E-state index contributed by atoms with van der Waals surface area (Å²) < 4.78 is 3.61. The number of aryl methyl sites for hydroxylation is 2. The van der Waals surface area contributed by atoms with Crippen molar-refractivity contribution < 1.29 is 4.79 Å². The van der Waals surface area contributed by atoms with E-state index in [0.29, 0.717) is 5.69 Å². The van der Waals surface area contributed by atoms with Crippen molar-refractivity contribution in [3.8, 4) is 28.3 Å². The molecule has 0 saturated heterocycles. The molecule has 10 heteroatoms. The van der Waals surface area contributed by atoms with Crippen LogP contribution in [0.4, 0.5) is 5.69 Å².